The molecule has 0 spiro atoms. The van der Waals surface area contributed by atoms with E-state index in [0.29, 0.717) is 5.92 Å². The fraction of sp³-hybridized carbons (Fsp3) is 0.0769. The molecule has 0 fully saturated rings. The number of nitrogens with zero attached hydrogens (tertiary/aromatic N) is 1. The summed E-state index contributed by atoms with van der Waals surface area (Å²) in [5.74, 6) is 0.370. The first-order chi connectivity index (χ1) is 26.3. The maximum atomic E-state index is 2.44. The second-order valence-electron chi connectivity index (χ2n) is 14.0. The second kappa shape index (κ2) is 14.7. The molecule has 9 rings (SSSR count). The number of benzene rings is 7. The Kier molecular flexibility index (Phi) is 8.98. The van der Waals surface area contributed by atoms with Gasteiger partial charge in [-0.2, -0.15) is 0 Å². The zero-order valence-electron chi connectivity index (χ0n) is 29.8. The second-order valence-corrected chi connectivity index (χ2v) is 14.0. The highest BCUT2D eigenvalue weighted by molar-refractivity contribution is 5.90. The van der Waals surface area contributed by atoms with Gasteiger partial charge in [0.25, 0.3) is 0 Å². The summed E-state index contributed by atoms with van der Waals surface area (Å²) in [4.78, 5) is 2.44. The van der Waals surface area contributed by atoms with Crippen molar-refractivity contribution in [2.45, 2.75) is 25.2 Å². The van der Waals surface area contributed by atoms with Crippen molar-refractivity contribution in [2.24, 2.45) is 0 Å². The first-order valence-corrected chi connectivity index (χ1v) is 18.8. The Labute approximate surface area is 313 Å². The minimum Gasteiger partial charge on any atom is -0.311 e. The Morgan fingerprint density at radius 3 is 1.94 bits per heavy atom. The fourth-order valence-corrected chi connectivity index (χ4v) is 7.85. The number of hydrogen-bond donors (Lipinski definition) is 0. The molecule has 0 saturated carbocycles. The van der Waals surface area contributed by atoms with E-state index in [1.165, 1.54) is 66.6 Å². The molecule has 7 aromatic carbocycles. The highest BCUT2D eigenvalue weighted by Crippen LogP contribution is 2.41. The smallest absolute Gasteiger partial charge is 0.0467 e. The summed E-state index contributed by atoms with van der Waals surface area (Å²) >= 11 is 0. The molecule has 0 N–H and O–H groups in total. The van der Waals surface area contributed by atoms with E-state index in [4.69, 9.17) is 0 Å². The highest BCUT2D eigenvalue weighted by Gasteiger charge is 2.21. The Hall–Kier alpha value is -6.44. The molecule has 1 nitrogen and oxygen atoms in total. The van der Waals surface area contributed by atoms with Gasteiger partial charge in [-0.1, -0.05) is 164 Å². The first-order valence-electron chi connectivity index (χ1n) is 18.8. The monoisotopic (exact) mass is 679 g/mol. The van der Waals surface area contributed by atoms with E-state index in [1.54, 1.807) is 0 Å². The lowest BCUT2D eigenvalue weighted by Gasteiger charge is -2.30. The van der Waals surface area contributed by atoms with Gasteiger partial charge in [-0.05, 0) is 123 Å². The molecular weight excluding hydrogens is 639 g/mol. The summed E-state index contributed by atoms with van der Waals surface area (Å²) in [5, 5.41) is 2.53. The van der Waals surface area contributed by atoms with Gasteiger partial charge >= 0.3 is 0 Å². The summed E-state index contributed by atoms with van der Waals surface area (Å²) in [6, 6.07) is 62.0. The van der Waals surface area contributed by atoms with Gasteiger partial charge < -0.3 is 4.90 Å². The van der Waals surface area contributed by atoms with Crippen molar-refractivity contribution in [1.29, 1.82) is 0 Å². The lowest BCUT2D eigenvalue weighted by molar-refractivity contribution is 0.840. The third-order valence-electron chi connectivity index (χ3n) is 10.7. The van der Waals surface area contributed by atoms with Gasteiger partial charge in [0.05, 0.1) is 0 Å². The van der Waals surface area contributed by atoms with Crippen molar-refractivity contribution in [3.05, 3.63) is 223 Å². The van der Waals surface area contributed by atoms with Gasteiger partial charge in [-0.25, -0.2) is 0 Å². The van der Waals surface area contributed by atoms with Crippen molar-refractivity contribution in [3.63, 3.8) is 0 Å². The fourth-order valence-electron chi connectivity index (χ4n) is 7.85. The van der Waals surface area contributed by atoms with Crippen molar-refractivity contribution in [2.75, 3.05) is 4.90 Å². The van der Waals surface area contributed by atoms with Crippen LogP contribution in [0.5, 0.6) is 0 Å². The van der Waals surface area contributed by atoms with Crippen molar-refractivity contribution >= 4 is 27.7 Å². The van der Waals surface area contributed by atoms with Gasteiger partial charge in [0.15, 0.2) is 0 Å². The van der Waals surface area contributed by atoms with Crippen LogP contribution in [0.2, 0.25) is 0 Å². The number of rotatable bonds is 8. The molecule has 2 aliphatic rings. The predicted octanol–water partition coefficient (Wildman–Crippen LogP) is 14.3. The van der Waals surface area contributed by atoms with Gasteiger partial charge in [-0.15, -0.1) is 0 Å². The van der Waals surface area contributed by atoms with Crippen LogP contribution in [0.3, 0.4) is 0 Å². The molecular formula is C52H41N. The third kappa shape index (κ3) is 6.82. The third-order valence-corrected chi connectivity index (χ3v) is 10.7. The van der Waals surface area contributed by atoms with Crippen LogP contribution in [-0.2, 0) is 0 Å². The summed E-state index contributed by atoms with van der Waals surface area (Å²) in [6.45, 7) is 0. The summed E-state index contributed by atoms with van der Waals surface area (Å²) < 4.78 is 0. The Balaban J connectivity index is 1.14. The topological polar surface area (TPSA) is 3.24 Å². The Bertz CT molecular complexity index is 2520. The largest absolute Gasteiger partial charge is 0.311 e. The lowest BCUT2D eigenvalue weighted by Crippen LogP contribution is -2.17. The van der Waals surface area contributed by atoms with Crippen molar-refractivity contribution in [3.8, 4) is 33.4 Å². The lowest BCUT2D eigenvalue weighted by atomic mass is 9.88. The molecule has 53 heavy (non-hydrogen) atoms. The molecule has 254 valence electrons. The van der Waals surface area contributed by atoms with Gasteiger partial charge in [0, 0.05) is 23.0 Å². The van der Waals surface area contributed by atoms with Crippen molar-refractivity contribution < 1.29 is 0 Å². The van der Waals surface area contributed by atoms with Crippen LogP contribution in [-0.4, -0.2) is 0 Å². The quantitative estimate of drug-likeness (QED) is 0.155. The van der Waals surface area contributed by atoms with Gasteiger partial charge in [0.2, 0.25) is 0 Å². The SMILES string of the molecule is C1=CCCC(c2cc(N(C3=CCC(c4ccccc4)C=C3)c3ccc(-c4ccccc4)cc3)ccc2-c2cccc(-c3ccc4ccccc4c3)c2)=C1. The van der Waals surface area contributed by atoms with Crippen LogP contribution in [0.1, 0.15) is 36.3 Å². The number of hydrogen-bond acceptors (Lipinski definition) is 1. The highest BCUT2D eigenvalue weighted by atomic mass is 15.1. The zero-order chi connectivity index (χ0) is 35.4. The summed E-state index contributed by atoms with van der Waals surface area (Å²) in [6.07, 6.45) is 16.9. The minimum absolute atomic E-state index is 0.370. The molecule has 1 heteroatoms. The molecule has 2 aliphatic carbocycles. The molecule has 1 unspecified atom stereocenters. The molecule has 1 atom stereocenters. The van der Waals surface area contributed by atoms with Crippen LogP contribution >= 0.6 is 0 Å². The van der Waals surface area contributed by atoms with Crippen LogP contribution in [0.4, 0.5) is 11.4 Å². The van der Waals surface area contributed by atoms with E-state index in [-0.39, 0.29) is 0 Å². The molecule has 0 radical (unpaired) electrons. The van der Waals surface area contributed by atoms with Crippen LogP contribution in [0.25, 0.3) is 49.7 Å². The Morgan fingerprint density at radius 1 is 0.491 bits per heavy atom. The predicted molar refractivity (Wildman–Crippen MR) is 226 cm³/mol. The van der Waals surface area contributed by atoms with E-state index < -0.39 is 0 Å². The van der Waals surface area contributed by atoms with E-state index in [1.807, 2.05) is 0 Å². The normalized spacial score (nSPS) is 15.2. The van der Waals surface area contributed by atoms with E-state index in [0.717, 1.165) is 30.6 Å². The standard InChI is InChI=1S/C52H41N/c1-4-13-38(14-5-1)41-25-29-48(30-26-41)53(49-31-27-42(28-32-49)39-15-6-2-7-16-39)50-33-34-51(52(37-50)43-18-8-3-9-19-43)47-22-12-21-45(36-47)46-24-23-40-17-10-11-20-44(40)35-46/h1-8,10-18,20-27,29-37,42H,9,19,28H2. The minimum atomic E-state index is 0.370. The molecule has 0 heterocycles. The first kappa shape index (κ1) is 32.5. The van der Waals surface area contributed by atoms with Crippen LogP contribution in [0, 0.1) is 0 Å². The number of anilines is 2. The average molecular weight is 680 g/mol. The summed E-state index contributed by atoms with van der Waals surface area (Å²) in [7, 11) is 0. The van der Waals surface area contributed by atoms with Gasteiger partial charge in [-0.3, -0.25) is 0 Å². The molecule has 0 aromatic heterocycles. The average Bonchev–Trinajstić information content (AvgIpc) is 3.25. The molecule has 0 saturated heterocycles. The summed E-state index contributed by atoms with van der Waals surface area (Å²) in [5.41, 5.74) is 14.9. The molecule has 7 aromatic rings. The van der Waals surface area contributed by atoms with Crippen molar-refractivity contribution in [1.82, 2.24) is 0 Å². The maximum absolute atomic E-state index is 2.44. The van der Waals surface area contributed by atoms with Gasteiger partial charge in [0.1, 0.15) is 0 Å². The zero-order valence-corrected chi connectivity index (χ0v) is 29.8. The van der Waals surface area contributed by atoms with E-state index in [2.05, 4.69) is 211 Å². The Morgan fingerprint density at radius 2 is 1.17 bits per heavy atom. The molecule has 0 aliphatic heterocycles. The number of allylic oxidation sites excluding steroid dienone is 7. The maximum Gasteiger partial charge on any atom is 0.0467 e. The number of fused-ring (bicyclic) bond motifs is 1. The van der Waals surface area contributed by atoms with E-state index >= 15 is 0 Å². The molecule has 0 amide bonds. The molecule has 0 bridgehead atoms. The van der Waals surface area contributed by atoms with Crippen LogP contribution < -0.4 is 4.90 Å². The van der Waals surface area contributed by atoms with Crippen LogP contribution in [0.15, 0.2) is 212 Å². The van der Waals surface area contributed by atoms with E-state index in [9.17, 15) is 0 Å².